The molecule has 0 bridgehead atoms. The number of nitro groups is 1. The highest BCUT2D eigenvalue weighted by Gasteiger charge is 2.20. The van der Waals surface area contributed by atoms with E-state index in [0.717, 1.165) is 25.1 Å². The normalized spacial score (nSPS) is 14.0. The van der Waals surface area contributed by atoms with E-state index >= 15 is 0 Å². The molecule has 0 fully saturated rings. The lowest BCUT2D eigenvalue weighted by atomic mass is 10.0. The monoisotopic (exact) mass is 256 g/mol. The number of para-hydroxylation sites is 1. The molecule has 3 rings (SSSR count). The Morgan fingerprint density at radius 2 is 1.95 bits per heavy atom. The van der Waals surface area contributed by atoms with Gasteiger partial charge in [-0.3, -0.25) is 10.1 Å². The summed E-state index contributed by atoms with van der Waals surface area (Å²) in [5.41, 5.74) is 2.26. The fraction of sp³-hybridized carbons (Fsp3) is 0.231. The van der Waals surface area contributed by atoms with Crippen molar-refractivity contribution in [1.82, 2.24) is 9.97 Å². The third kappa shape index (κ3) is 2.12. The predicted octanol–water partition coefficient (Wildman–Crippen LogP) is 2.47. The summed E-state index contributed by atoms with van der Waals surface area (Å²) in [7, 11) is 0. The summed E-state index contributed by atoms with van der Waals surface area (Å²) < 4.78 is 0. The molecule has 0 unspecified atom stereocenters. The summed E-state index contributed by atoms with van der Waals surface area (Å²) >= 11 is 0. The number of benzene rings is 1. The summed E-state index contributed by atoms with van der Waals surface area (Å²) in [5.74, 6) is 0.512. The number of aryl methyl sites for hydroxylation is 1. The van der Waals surface area contributed by atoms with Crippen LogP contribution in [0.1, 0.15) is 12.0 Å². The van der Waals surface area contributed by atoms with Gasteiger partial charge in [0, 0.05) is 12.2 Å². The molecule has 1 aromatic heterocycles. The Morgan fingerprint density at radius 3 is 2.68 bits per heavy atom. The van der Waals surface area contributed by atoms with Crippen LogP contribution in [0.4, 0.5) is 17.3 Å². The van der Waals surface area contributed by atoms with Crippen LogP contribution in [0.25, 0.3) is 0 Å². The van der Waals surface area contributed by atoms with Gasteiger partial charge >= 0.3 is 5.69 Å². The van der Waals surface area contributed by atoms with Crippen LogP contribution in [0.2, 0.25) is 0 Å². The maximum absolute atomic E-state index is 10.6. The Balaban J connectivity index is 1.97. The smallest absolute Gasteiger partial charge is 0.305 e. The van der Waals surface area contributed by atoms with Crippen molar-refractivity contribution in [2.24, 2.45) is 0 Å². The van der Waals surface area contributed by atoms with Gasteiger partial charge in [-0.05, 0) is 24.5 Å². The summed E-state index contributed by atoms with van der Waals surface area (Å²) in [6.45, 7) is 0.828. The Labute approximate surface area is 109 Å². The van der Waals surface area contributed by atoms with Crippen LogP contribution in [0.3, 0.4) is 0 Å². The quantitative estimate of drug-likeness (QED) is 0.609. The fourth-order valence-corrected chi connectivity index (χ4v) is 2.29. The van der Waals surface area contributed by atoms with E-state index in [1.54, 1.807) is 0 Å². The molecule has 6 nitrogen and oxygen atoms in total. The van der Waals surface area contributed by atoms with Crippen LogP contribution in [0.15, 0.2) is 36.7 Å². The number of anilines is 2. The van der Waals surface area contributed by atoms with E-state index in [9.17, 15) is 10.1 Å². The lowest BCUT2D eigenvalue weighted by Gasteiger charge is -2.29. The molecule has 2 aromatic rings. The van der Waals surface area contributed by atoms with Gasteiger partial charge < -0.3 is 4.90 Å². The largest absolute Gasteiger partial charge is 0.310 e. The van der Waals surface area contributed by atoms with Crippen molar-refractivity contribution in [1.29, 1.82) is 0 Å². The fourth-order valence-electron chi connectivity index (χ4n) is 2.29. The van der Waals surface area contributed by atoms with Crippen molar-refractivity contribution in [3.63, 3.8) is 0 Å². The molecule has 0 atom stereocenters. The zero-order chi connectivity index (χ0) is 13.2. The van der Waals surface area contributed by atoms with Crippen LogP contribution in [0, 0.1) is 10.1 Å². The molecule has 0 amide bonds. The van der Waals surface area contributed by atoms with E-state index in [-0.39, 0.29) is 5.69 Å². The minimum Gasteiger partial charge on any atom is -0.310 e. The van der Waals surface area contributed by atoms with E-state index < -0.39 is 4.92 Å². The second-order valence-electron chi connectivity index (χ2n) is 4.38. The maximum atomic E-state index is 10.6. The van der Waals surface area contributed by atoms with Gasteiger partial charge in [0.05, 0.1) is 4.92 Å². The number of nitrogens with zero attached hydrogens (tertiary/aromatic N) is 4. The van der Waals surface area contributed by atoms with E-state index in [4.69, 9.17) is 0 Å². The Bertz CT molecular complexity index is 612. The number of fused-ring (bicyclic) bond motifs is 1. The van der Waals surface area contributed by atoms with Gasteiger partial charge in [-0.15, -0.1) is 0 Å². The standard InChI is InChI=1S/C13H12N4O2/c18-17(19)11-8-14-13(15-9-11)16-7-3-5-10-4-1-2-6-12(10)16/h1-2,4,6,8-9H,3,5,7H2. The first-order chi connectivity index (χ1) is 9.25. The Hall–Kier alpha value is -2.50. The SMILES string of the molecule is O=[N+]([O-])c1cnc(N2CCCc3ccccc32)nc1. The predicted molar refractivity (Wildman–Crippen MR) is 70.5 cm³/mol. The third-order valence-electron chi connectivity index (χ3n) is 3.19. The van der Waals surface area contributed by atoms with Crippen LogP contribution in [-0.2, 0) is 6.42 Å². The molecule has 0 N–H and O–H groups in total. The second-order valence-corrected chi connectivity index (χ2v) is 4.38. The summed E-state index contributed by atoms with van der Waals surface area (Å²) in [6, 6.07) is 8.10. The highest BCUT2D eigenvalue weighted by Crippen LogP contribution is 2.31. The number of hydrogen-bond acceptors (Lipinski definition) is 5. The van der Waals surface area contributed by atoms with Gasteiger partial charge in [0.2, 0.25) is 5.95 Å². The number of aromatic nitrogens is 2. The minimum atomic E-state index is -0.492. The highest BCUT2D eigenvalue weighted by molar-refractivity contribution is 5.63. The number of rotatable bonds is 2. The average Bonchev–Trinajstić information content (AvgIpc) is 2.47. The van der Waals surface area contributed by atoms with Crippen molar-refractivity contribution in [2.75, 3.05) is 11.4 Å². The molecule has 0 aliphatic carbocycles. The first-order valence-electron chi connectivity index (χ1n) is 6.07. The van der Waals surface area contributed by atoms with Gasteiger partial charge in [-0.2, -0.15) is 0 Å². The maximum Gasteiger partial charge on any atom is 0.305 e. The van der Waals surface area contributed by atoms with Crippen LogP contribution in [0.5, 0.6) is 0 Å². The molecule has 6 heteroatoms. The van der Waals surface area contributed by atoms with Crippen LogP contribution < -0.4 is 4.90 Å². The Morgan fingerprint density at radius 1 is 1.21 bits per heavy atom. The minimum absolute atomic E-state index is 0.0888. The molecule has 2 heterocycles. The third-order valence-corrected chi connectivity index (χ3v) is 3.19. The summed E-state index contributed by atoms with van der Waals surface area (Å²) in [4.78, 5) is 20.3. The zero-order valence-corrected chi connectivity index (χ0v) is 10.2. The summed E-state index contributed by atoms with van der Waals surface area (Å²) in [5, 5.41) is 10.6. The van der Waals surface area contributed by atoms with Gasteiger partial charge in [-0.1, -0.05) is 18.2 Å². The lowest BCUT2D eigenvalue weighted by Crippen LogP contribution is -2.26. The van der Waals surface area contributed by atoms with Gasteiger partial charge in [-0.25, -0.2) is 9.97 Å². The van der Waals surface area contributed by atoms with Gasteiger partial charge in [0.25, 0.3) is 0 Å². The lowest BCUT2D eigenvalue weighted by molar-refractivity contribution is -0.385. The van der Waals surface area contributed by atoms with E-state index in [1.807, 2.05) is 23.1 Å². The highest BCUT2D eigenvalue weighted by atomic mass is 16.6. The van der Waals surface area contributed by atoms with Crippen molar-refractivity contribution in [2.45, 2.75) is 12.8 Å². The molecule has 1 aliphatic heterocycles. The molecular formula is C13H12N4O2. The van der Waals surface area contributed by atoms with Crippen LogP contribution >= 0.6 is 0 Å². The molecule has 1 aliphatic rings. The van der Waals surface area contributed by atoms with Gasteiger partial charge in [0.15, 0.2) is 0 Å². The first kappa shape index (κ1) is 11.6. The van der Waals surface area contributed by atoms with Crippen molar-refractivity contribution >= 4 is 17.3 Å². The first-order valence-corrected chi connectivity index (χ1v) is 6.07. The molecule has 0 saturated carbocycles. The van der Waals surface area contributed by atoms with Crippen molar-refractivity contribution in [3.8, 4) is 0 Å². The zero-order valence-electron chi connectivity index (χ0n) is 10.2. The molecule has 0 radical (unpaired) electrons. The second kappa shape index (κ2) is 4.64. The van der Waals surface area contributed by atoms with Crippen molar-refractivity contribution < 1.29 is 4.92 Å². The van der Waals surface area contributed by atoms with Gasteiger partial charge in [0.1, 0.15) is 12.4 Å². The van der Waals surface area contributed by atoms with E-state index in [1.165, 1.54) is 18.0 Å². The topological polar surface area (TPSA) is 72.2 Å². The molecule has 96 valence electrons. The molecular weight excluding hydrogens is 244 g/mol. The van der Waals surface area contributed by atoms with Crippen molar-refractivity contribution in [3.05, 3.63) is 52.3 Å². The summed E-state index contributed by atoms with van der Waals surface area (Å²) in [6.07, 6.45) is 4.57. The molecule has 0 saturated heterocycles. The Kier molecular flexibility index (Phi) is 2.83. The average molecular weight is 256 g/mol. The van der Waals surface area contributed by atoms with E-state index in [2.05, 4.69) is 16.0 Å². The molecule has 0 spiro atoms. The van der Waals surface area contributed by atoms with E-state index in [0.29, 0.717) is 5.95 Å². The van der Waals surface area contributed by atoms with Crippen LogP contribution in [-0.4, -0.2) is 21.4 Å². The molecule has 19 heavy (non-hydrogen) atoms. The number of hydrogen-bond donors (Lipinski definition) is 0. The molecule has 1 aromatic carbocycles.